The molecular weight excluding hydrogens is 218 g/mol. The number of nitrogen functional groups attached to an aromatic ring is 1. The Morgan fingerprint density at radius 3 is 2.71 bits per heavy atom. The summed E-state index contributed by atoms with van der Waals surface area (Å²) in [5.41, 5.74) is 5.75. The fourth-order valence-electron chi connectivity index (χ4n) is 1.24. The largest absolute Gasteiger partial charge is 0.368 e. The van der Waals surface area contributed by atoms with Gasteiger partial charge in [-0.2, -0.15) is 9.67 Å². The molecule has 0 bridgehead atoms. The lowest BCUT2D eigenvalue weighted by Crippen LogP contribution is -2.09. The quantitative estimate of drug-likeness (QED) is 0.807. The van der Waals surface area contributed by atoms with Gasteiger partial charge in [0.15, 0.2) is 0 Å². The second-order valence-corrected chi connectivity index (χ2v) is 4.03. The highest BCUT2D eigenvalue weighted by molar-refractivity contribution is 5.35. The number of hydrogen-bond acceptors (Lipinski definition) is 6. The Hall–Kier alpha value is -2.18. The summed E-state index contributed by atoms with van der Waals surface area (Å²) < 4.78 is 1.41. The molecule has 0 aliphatic carbocycles. The second-order valence-electron chi connectivity index (χ2n) is 4.03. The minimum absolute atomic E-state index is 0.266. The number of hydrogen-bond donors (Lipinski definition) is 2. The van der Waals surface area contributed by atoms with E-state index >= 15 is 0 Å². The Bertz CT molecular complexity index is 477. The summed E-state index contributed by atoms with van der Waals surface area (Å²) >= 11 is 0. The minimum atomic E-state index is 0.266. The summed E-state index contributed by atoms with van der Waals surface area (Å²) in [5, 5.41) is 7.29. The van der Waals surface area contributed by atoms with Crippen molar-refractivity contribution < 1.29 is 0 Å². The van der Waals surface area contributed by atoms with Crippen molar-refractivity contribution in [3.05, 3.63) is 18.5 Å². The van der Waals surface area contributed by atoms with Gasteiger partial charge in [-0.05, 0) is 12.0 Å². The van der Waals surface area contributed by atoms with Gasteiger partial charge in [0.05, 0.1) is 0 Å². The summed E-state index contributed by atoms with van der Waals surface area (Å²) in [5.74, 6) is 1.68. The average Bonchev–Trinajstić information content (AvgIpc) is 2.69. The summed E-state index contributed by atoms with van der Waals surface area (Å²) in [6.07, 6.45) is 3.26. The summed E-state index contributed by atoms with van der Waals surface area (Å²) in [7, 11) is 0. The molecule has 0 saturated heterocycles. The van der Waals surface area contributed by atoms with Crippen LogP contribution in [0.4, 0.5) is 11.9 Å². The molecule has 0 saturated carbocycles. The topological polar surface area (TPSA) is 94.5 Å². The Labute approximate surface area is 99.1 Å². The average molecular weight is 233 g/mol. The molecule has 7 nitrogen and oxygen atoms in total. The molecule has 0 unspecified atom stereocenters. The van der Waals surface area contributed by atoms with Crippen LogP contribution in [0, 0.1) is 5.92 Å². The molecular formula is C10H15N7. The second kappa shape index (κ2) is 4.77. The minimum Gasteiger partial charge on any atom is -0.368 e. The number of nitrogens with one attached hydrogen (secondary N) is 1. The molecule has 3 N–H and O–H groups in total. The van der Waals surface area contributed by atoms with Crippen LogP contribution in [0.2, 0.25) is 0 Å². The molecule has 0 amide bonds. The van der Waals surface area contributed by atoms with E-state index in [-0.39, 0.29) is 5.95 Å². The van der Waals surface area contributed by atoms with Crippen LogP contribution in [-0.4, -0.2) is 31.3 Å². The van der Waals surface area contributed by atoms with Crippen molar-refractivity contribution in [3.8, 4) is 5.95 Å². The smallest absolute Gasteiger partial charge is 0.253 e. The number of nitrogens with two attached hydrogens (primary N) is 1. The van der Waals surface area contributed by atoms with Crippen molar-refractivity contribution >= 4 is 11.9 Å². The number of anilines is 2. The van der Waals surface area contributed by atoms with Crippen molar-refractivity contribution in [3.63, 3.8) is 0 Å². The van der Waals surface area contributed by atoms with E-state index in [0.717, 1.165) is 6.54 Å². The molecule has 2 aromatic heterocycles. The fourth-order valence-corrected chi connectivity index (χ4v) is 1.24. The highest BCUT2D eigenvalue weighted by Gasteiger charge is 2.10. The highest BCUT2D eigenvalue weighted by Crippen LogP contribution is 2.09. The normalized spacial score (nSPS) is 10.8. The van der Waals surface area contributed by atoms with Gasteiger partial charge in [-0.1, -0.05) is 13.8 Å². The Morgan fingerprint density at radius 1 is 1.35 bits per heavy atom. The van der Waals surface area contributed by atoms with Gasteiger partial charge in [-0.25, -0.2) is 9.97 Å². The zero-order chi connectivity index (χ0) is 12.3. The molecule has 0 fully saturated rings. The number of aromatic nitrogens is 5. The van der Waals surface area contributed by atoms with Crippen molar-refractivity contribution in [2.24, 2.45) is 5.92 Å². The van der Waals surface area contributed by atoms with Gasteiger partial charge in [0.1, 0.15) is 0 Å². The first-order valence-corrected chi connectivity index (χ1v) is 5.40. The van der Waals surface area contributed by atoms with Gasteiger partial charge in [0, 0.05) is 18.9 Å². The van der Waals surface area contributed by atoms with Crippen LogP contribution in [0.1, 0.15) is 13.8 Å². The zero-order valence-electron chi connectivity index (χ0n) is 9.83. The number of rotatable bonds is 4. The predicted octanol–water partition coefficient (Wildman–Crippen LogP) is 0.707. The van der Waals surface area contributed by atoms with Gasteiger partial charge in [0.2, 0.25) is 11.9 Å². The Balaban J connectivity index is 2.20. The van der Waals surface area contributed by atoms with Crippen LogP contribution in [0.25, 0.3) is 5.95 Å². The molecule has 2 heterocycles. The van der Waals surface area contributed by atoms with E-state index in [2.05, 4.69) is 39.2 Å². The van der Waals surface area contributed by atoms with Gasteiger partial charge in [0.25, 0.3) is 5.95 Å². The maximum absolute atomic E-state index is 5.75. The van der Waals surface area contributed by atoms with Crippen molar-refractivity contribution in [2.75, 3.05) is 17.6 Å². The van der Waals surface area contributed by atoms with E-state index in [1.165, 1.54) is 4.68 Å². The summed E-state index contributed by atoms with van der Waals surface area (Å²) in [6, 6.07) is 1.73. The van der Waals surface area contributed by atoms with E-state index in [1.54, 1.807) is 18.5 Å². The number of nitrogens with zero attached hydrogens (tertiary/aromatic N) is 5. The predicted molar refractivity (Wildman–Crippen MR) is 64.7 cm³/mol. The van der Waals surface area contributed by atoms with Gasteiger partial charge >= 0.3 is 0 Å². The van der Waals surface area contributed by atoms with Crippen molar-refractivity contribution in [2.45, 2.75) is 13.8 Å². The first-order valence-electron chi connectivity index (χ1n) is 5.40. The van der Waals surface area contributed by atoms with E-state index in [9.17, 15) is 0 Å². The molecule has 0 aliphatic rings. The van der Waals surface area contributed by atoms with Crippen LogP contribution in [0.5, 0.6) is 0 Å². The molecule has 17 heavy (non-hydrogen) atoms. The van der Waals surface area contributed by atoms with Crippen LogP contribution < -0.4 is 11.1 Å². The highest BCUT2D eigenvalue weighted by atomic mass is 15.5. The molecule has 0 spiro atoms. The van der Waals surface area contributed by atoms with Gasteiger partial charge in [-0.15, -0.1) is 5.10 Å². The lowest BCUT2D eigenvalue weighted by Gasteiger charge is -2.03. The standard InChI is InChI=1S/C10H15N7/c1-7(2)6-14-9-15-8(11)17(16-9)10-12-4-3-5-13-10/h3-5,7H,6H2,1-2H3,(H3,11,14,15,16). The third-order valence-corrected chi connectivity index (χ3v) is 2.04. The molecule has 0 aromatic carbocycles. The van der Waals surface area contributed by atoms with E-state index in [1.807, 2.05) is 0 Å². The summed E-state index contributed by atoms with van der Waals surface area (Å²) in [4.78, 5) is 12.2. The van der Waals surface area contributed by atoms with Crippen LogP contribution >= 0.6 is 0 Å². The van der Waals surface area contributed by atoms with Gasteiger partial charge in [-0.3, -0.25) is 0 Å². The van der Waals surface area contributed by atoms with Crippen molar-refractivity contribution in [1.82, 2.24) is 24.7 Å². The zero-order valence-corrected chi connectivity index (χ0v) is 9.83. The Morgan fingerprint density at radius 2 is 2.06 bits per heavy atom. The molecule has 0 aliphatic heterocycles. The Kier molecular flexibility index (Phi) is 3.17. The SMILES string of the molecule is CC(C)CNc1nc(N)n(-c2ncccn2)n1. The van der Waals surface area contributed by atoms with Crippen LogP contribution in [-0.2, 0) is 0 Å². The molecule has 0 atom stereocenters. The lowest BCUT2D eigenvalue weighted by molar-refractivity contribution is 0.683. The lowest BCUT2D eigenvalue weighted by atomic mass is 10.2. The van der Waals surface area contributed by atoms with E-state index in [4.69, 9.17) is 5.73 Å². The fraction of sp³-hybridized carbons (Fsp3) is 0.400. The third kappa shape index (κ3) is 2.68. The monoisotopic (exact) mass is 233 g/mol. The molecule has 7 heteroatoms. The van der Waals surface area contributed by atoms with Crippen molar-refractivity contribution in [1.29, 1.82) is 0 Å². The first-order chi connectivity index (χ1) is 8.16. The summed E-state index contributed by atoms with van der Waals surface area (Å²) in [6.45, 7) is 5.00. The van der Waals surface area contributed by atoms with Crippen LogP contribution in [0.3, 0.4) is 0 Å². The molecule has 2 aromatic rings. The first kappa shape index (κ1) is 11.3. The van der Waals surface area contributed by atoms with E-state index in [0.29, 0.717) is 17.8 Å². The maximum Gasteiger partial charge on any atom is 0.253 e. The molecule has 90 valence electrons. The van der Waals surface area contributed by atoms with E-state index < -0.39 is 0 Å². The molecule has 0 radical (unpaired) electrons. The maximum atomic E-state index is 5.75. The molecule has 2 rings (SSSR count). The van der Waals surface area contributed by atoms with Crippen LogP contribution in [0.15, 0.2) is 18.5 Å². The van der Waals surface area contributed by atoms with Gasteiger partial charge < -0.3 is 11.1 Å². The third-order valence-electron chi connectivity index (χ3n) is 2.04.